The fraction of sp³-hybridized carbons (Fsp3) is 0.348. The standard InChI is InChI=1S/C23H27N7O/c1-14(2)30-13-17(12-27-30)16-9-20-19(6-7-21(20)26-11-16)22-10-18(28-23(24)29-22)5-4-8-25-15(3)31/h6,9-14H,4-5,7-8H2,1-3H3,(H,25,31)(H2,24,28,29). The number of nitrogens with one attached hydrogen (secondary N) is 1. The third kappa shape index (κ3) is 4.63. The molecule has 0 radical (unpaired) electrons. The third-order valence-corrected chi connectivity index (χ3v) is 5.28. The number of fused-ring (bicyclic) bond motifs is 1. The van der Waals surface area contributed by atoms with Crippen LogP contribution in [0.5, 0.6) is 0 Å². The number of aromatic nitrogens is 5. The van der Waals surface area contributed by atoms with Crippen molar-refractivity contribution in [1.82, 2.24) is 30.0 Å². The Labute approximate surface area is 181 Å². The van der Waals surface area contributed by atoms with Gasteiger partial charge in [0.05, 0.1) is 17.6 Å². The minimum atomic E-state index is -0.0298. The number of anilines is 1. The van der Waals surface area contributed by atoms with Crippen molar-refractivity contribution in [3.8, 4) is 11.1 Å². The van der Waals surface area contributed by atoms with Crippen molar-refractivity contribution in [1.29, 1.82) is 0 Å². The molecule has 0 spiro atoms. The summed E-state index contributed by atoms with van der Waals surface area (Å²) < 4.78 is 1.94. The summed E-state index contributed by atoms with van der Waals surface area (Å²) in [6.45, 7) is 6.33. The van der Waals surface area contributed by atoms with Gasteiger partial charge in [0.2, 0.25) is 11.9 Å². The van der Waals surface area contributed by atoms with Crippen molar-refractivity contribution in [2.75, 3.05) is 12.3 Å². The second-order valence-electron chi connectivity index (χ2n) is 8.03. The Kier molecular flexibility index (Phi) is 5.79. The summed E-state index contributed by atoms with van der Waals surface area (Å²) >= 11 is 0. The van der Waals surface area contributed by atoms with Crippen molar-refractivity contribution in [2.45, 2.75) is 46.1 Å². The van der Waals surface area contributed by atoms with E-state index in [-0.39, 0.29) is 11.9 Å². The molecule has 0 bridgehead atoms. The van der Waals surface area contributed by atoms with Crippen LogP contribution in [0, 0.1) is 0 Å². The second kappa shape index (κ2) is 8.67. The first-order valence-electron chi connectivity index (χ1n) is 10.5. The van der Waals surface area contributed by atoms with Gasteiger partial charge in [-0.2, -0.15) is 5.10 Å². The zero-order valence-electron chi connectivity index (χ0n) is 18.1. The van der Waals surface area contributed by atoms with Crippen LogP contribution >= 0.6 is 0 Å². The largest absolute Gasteiger partial charge is 0.368 e. The number of nitrogens with two attached hydrogens (primary N) is 1. The van der Waals surface area contributed by atoms with E-state index in [0.29, 0.717) is 19.0 Å². The van der Waals surface area contributed by atoms with Crippen LogP contribution in [0.25, 0.3) is 16.7 Å². The number of allylic oxidation sites excluding steroid dienone is 1. The van der Waals surface area contributed by atoms with Crippen LogP contribution in [0.1, 0.15) is 55.9 Å². The average molecular weight is 418 g/mol. The molecule has 160 valence electrons. The van der Waals surface area contributed by atoms with E-state index in [9.17, 15) is 4.79 Å². The summed E-state index contributed by atoms with van der Waals surface area (Å²) in [5, 5.41) is 7.25. The molecule has 3 aromatic heterocycles. The number of aryl methyl sites for hydroxylation is 1. The Hall–Kier alpha value is -3.55. The minimum absolute atomic E-state index is 0.0298. The quantitative estimate of drug-likeness (QED) is 0.572. The van der Waals surface area contributed by atoms with Crippen molar-refractivity contribution in [3.63, 3.8) is 0 Å². The molecule has 0 aromatic carbocycles. The Balaban J connectivity index is 1.59. The third-order valence-electron chi connectivity index (χ3n) is 5.28. The maximum absolute atomic E-state index is 11.0. The molecule has 0 aliphatic heterocycles. The van der Waals surface area contributed by atoms with Gasteiger partial charge in [-0.1, -0.05) is 6.08 Å². The van der Waals surface area contributed by atoms with Crippen LogP contribution in [0.4, 0.5) is 5.95 Å². The summed E-state index contributed by atoms with van der Waals surface area (Å²) in [6, 6.07) is 4.44. The van der Waals surface area contributed by atoms with Gasteiger partial charge in [0.1, 0.15) is 0 Å². The highest BCUT2D eigenvalue weighted by Crippen LogP contribution is 2.34. The number of carbonyl (C=O) groups excluding carboxylic acids is 1. The minimum Gasteiger partial charge on any atom is -0.368 e. The molecular formula is C23H27N7O. The summed E-state index contributed by atoms with van der Waals surface area (Å²) in [6.07, 6.45) is 10.2. The predicted molar refractivity (Wildman–Crippen MR) is 120 cm³/mol. The SMILES string of the molecule is CC(=O)NCCCc1cc(C2=CCc3ncc(-c4cnn(C(C)C)c4)cc32)nc(N)n1. The number of hydrogen-bond donors (Lipinski definition) is 2. The van der Waals surface area contributed by atoms with Crippen LogP contribution in [-0.2, 0) is 17.6 Å². The lowest BCUT2D eigenvalue weighted by Gasteiger charge is -2.10. The molecule has 0 saturated heterocycles. The summed E-state index contributed by atoms with van der Waals surface area (Å²) in [7, 11) is 0. The van der Waals surface area contributed by atoms with Crippen LogP contribution in [0.15, 0.2) is 36.8 Å². The van der Waals surface area contributed by atoms with Gasteiger partial charge in [0.25, 0.3) is 0 Å². The molecule has 3 N–H and O–H groups in total. The number of amides is 1. The maximum Gasteiger partial charge on any atom is 0.220 e. The molecule has 8 heteroatoms. The molecule has 0 unspecified atom stereocenters. The molecular weight excluding hydrogens is 390 g/mol. The number of nitrogen functional groups attached to an aromatic ring is 1. The highest BCUT2D eigenvalue weighted by atomic mass is 16.1. The molecule has 3 heterocycles. The Morgan fingerprint density at radius 2 is 2.06 bits per heavy atom. The Morgan fingerprint density at radius 1 is 1.23 bits per heavy atom. The van der Waals surface area contributed by atoms with Gasteiger partial charge in [-0.15, -0.1) is 0 Å². The normalized spacial score (nSPS) is 12.7. The summed E-state index contributed by atoms with van der Waals surface area (Å²) in [5.74, 6) is 0.224. The van der Waals surface area contributed by atoms with Crippen molar-refractivity contribution in [3.05, 3.63) is 59.4 Å². The number of carbonyl (C=O) groups is 1. The van der Waals surface area contributed by atoms with Crippen LogP contribution in [0.2, 0.25) is 0 Å². The molecule has 0 saturated carbocycles. The number of rotatable bonds is 7. The van der Waals surface area contributed by atoms with E-state index in [1.807, 2.05) is 29.3 Å². The molecule has 0 fully saturated rings. The van der Waals surface area contributed by atoms with Crippen molar-refractivity contribution >= 4 is 17.4 Å². The average Bonchev–Trinajstić information content (AvgIpc) is 3.37. The highest BCUT2D eigenvalue weighted by Gasteiger charge is 2.20. The lowest BCUT2D eigenvalue weighted by atomic mass is 10.0. The monoisotopic (exact) mass is 417 g/mol. The van der Waals surface area contributed by atoms with E-state index < -0.39 is 0 Å². The van der Waals surface area contributed by atoms with Gasteiger partial charge >= 0.3 is 0 Å². The van der Waals surface area contributed by atoms with Crippen LogP contribution < -0.4 is 11.1 Å². The van der Waals surface area contributed by atoms with E-state index in [1.54, 1.807) is 0 Å². The molecule has 8 nitrogen and oxygen atoms in total. The number of nitrogens with zero attached hydrogens (tertiary/aromatic N) is 5. The van der Waals surface area contributed by atoms with Gasteiger partial charge < -0.3 is 11.1 Å². The molecule has 0 atom stereocenters. The number of pyridine rings is 1. The second-order valence-corrected chi connectivity index (χ2v) is 8.03. The lowest BCUT2D eigenvalue weighted by molar-refractivity contribution is -0.118. The van der Waals surface area contributed by atoms with Gasteiger partial charge in [-0.3, -0.25) is 14.5 Å². The Morgan fingerprint density at radius 3 is 2.81 bits per heavy atom. The topological polar surface area (TPSA) is 112 Å². The molecule has 1 aliphatic carbocycles. The molecule has 3 aromatic rings. The van der Waals surface area contributed by atoms with E-state index in [1.165, 1.54) is 6.92 Å². The summed E-state index contributed by atoms with van der Waals surface area (Å²) in [5.41, 5.74) is 12.9. The van der Waals surface area contributed by atoms with E-state index in [0.717, 1.165) is 52.2 Å². The smallest absolute Gasteiger partial charge is 0.220 e. The summed E-state index contributed by atoms with van der Waals surface area (Å²) in [4.78, 5) is 24.6. The van der Waals surface area contributed by atoms with Gasteiger partial charge in [-0.05, 0) is 38.8 Å². The van der Waals surface area contributed by atoms with E-state index in [2.05, 4.69) is 51.4 Å². The zero-order chi connectivity index (χ0) is 22.0. The van der Waals surface area contributed by atoms with Gasteiger partial charge in [-0.25, -0.2) is 9.97 Å². The van der Waals surface area contributed by atoms with Gasteiger partial charge in [0, 0.05) is 66.3 Å². The predicted octanol–water partition coefficient (Wildman–Crippen LogP) is 2.95. The van der Waals surface area contributed by atoms with Crippen LogP contribution in [-0.4, -0.2) is 37.2 Å². The molecule has 1 amide bonds. The van der Waals surface area contributed by atoms with Crippen molar-refractivity contribution in [2.24, 2.45) is 0 Å². The first-order valence-corrected chi connectivity index (χ1v) is 10.5. The molecule has 1 aliphatic rings. The molecule has 31 heavy (non-hydrogen) atoms. The van der Waals surface area contributed by atoms with Crippen molar-refractivity contribution < 1.29 is 4.79 Å². The first-order chi connectivity index (χ1) is 14.9. The maximum atomic E-state index is 11.0. The highest BCUT2D eigenvalue weighted by molar-refractivity contribution is 5.84. The molecule has 4 rings (SSSR count). The van der Waals surface area contributed by atoms with E-state index >= 15 is 0 Å². The first kappa shape index (κ1) is 20.7. The van der Waals surface area contributed by atoms with E-state index in [4.69, 9.17) is 5.73 Å². The lowest BCUT2D eigenvalue weighted by Crippen LogP contribution is -2.21. The van der Waals surface area contributed by atoms with Crippen LogP contribution in [0.3, 0.4) is 0 Å². The zero-order valence-corrected chi connectivity index (χ0v) is 18.1. The Bertz CT molecular complexity index is 1150. The number of hydrogen-bond acceptors (Lipinski definition) is 6. The van der Waals surface area contributed by atoms with Gasteiger partial charge in [0.15, 0.2) is 0 Å². The fourth-order valence-electron chi connectivity index (χ4n) is 3.69. The fourth-order valence-corrected chi connectivity index (χ4v) is 3.69.